The van der Waals surface area contributed by atoms with Gasteiger partial charge >= 0.3 is 11.9 Å². The molecule has 1 saturated heterocycles. The van der Waals surface area contributed by atoms with Crippen LogP contribution in [0.15, 0.2) is 0 Å². The van der Waals surface area contributed by atoms with E-state index in [2.05, 4.69) is 4.74 Å². The molecule has 0 bridgehead atoms. The van der Waals surface area contributed by atoms with Gasteiger partial charge in [0.2, 0.25) is 0 Å². The molecule has 0 radical (unpaired) electrons. The molecule has 6 heteroatoms. The maximum absolute atomic E-state index is 13.7. The average Bonchev–Trinajstić information content (AvgIpc) is 2.18. The molecule has 0 spiro atoms. The molecular weight excluding hydrogens is 219 g/mol. The molecule has 1 rings (SSSR count). The van der Waals surface area contributed by atoms with E-state index in [4.69, 9.17) is 9.47 Å². The minimum atomic E-state index is -1.46. The van der Waals surface area contributed by atoms with Crippen molar-refractivity contribution in [2.75, 3.05) is 13.2 Å². The predicted octanol–water partition coefficient (Wildman–Crippen LogP) is 0.608. The zero-order valence-corrected chi connectivity index (χ0v) is 9.27. The highest BCUT2D eigenvalue weighted by molar-refractivity contribution is 5.66. The third-order valence-electron chi connectivity index (χ3n) is 2.21. The van der Waals surface area contributed by atoms with E-state index in [0.717, 1.165) is 0 Å². The van der Waals surface area contributed by atoms with Gasteiger partial charge in [0.1, 0.15) is 18.8 Å². The molecule has 16 heavy (non-hydrogen) atoms. The summed E-state index contributed by atoms with van der Waals surface area (Å²) in [6.45, 7) is 2.58. The molecule has 1 heterocycles. The Morgan fingerprint density at radius 1 is 1.38 bits per heavy atom. The summed E-state index contributed by atoms with van der Waals surface area (Å²) in [6.07, 6.45) is -2.82. The van der Waals surface area contributed by atoms with Crippen LogP contribution >= 0.6 is 0 Å². The highest BCUT2D eigenvalue weighted by Crippen LogP contribution is 2.21. The standard InChI is InChI=1S/C10H15FO5/c1-6(12)15-5-9-10(11)8(3-4-14-9)16-7(2)13/h8-10H,3-5H2,1-2H3. The molecule has 92 valence electrons. The summed E-state index contributed by atoms with van der Waals surface area (Å²) in [6, 6.07) is 0. The number of esters is 2. The molecule has 0 aromatic heterocycles. The van der Waals surface area contributed by atoms with Gasteiger partial charge in [-0.05, 0) is 0 Å². The largest absolute Gasteiger partial charge is 0.463 e. The predicted molar refractivity (Wildman–Crippen MR) is 51.4 cm³/mol. The molecule has 0 N–H and O–H groups in total. The Morgan fingerprint density at radius 2 is 2.06 bits per heavy atom. The van der Waals surface area contributed by atoms with E-state index in [9.17, 15) is 14.0 Å². The van der Waals surface area contributed by atoms with Crippen molar-refractivity contribution in [2.45, 2.75) is 38.6 Å². The van der Waals surface area contributed by atoms with Crippen molar-refractivity contribution in [1.82, 2.24) is 0 Å². The normalized spacial score (nSPS) is 29.6. The molecule has 0 saturated carbocycles. The van der Waals surface area contributed by atoms with Crippen molar-refractivity contribution in [3.63, 3.8) is 0 Å². The molecule has 1 fully saturated rings. The summed E-state index contributed by atoms with van der Waals surface area (Å²) in [5, 5.41) is 0. The lowest BCUT2D eigenvalue weighted by molar-refractivity contribution is -0.174. The number of hydrogen-bond acceptors (Lipinski definition) is 5. The lowest BCUT2D eigenvalue weighted by Crippen LogP contribution is -2.46. The fraction of sp³-hybridized carbons (Fsp3) is 0.800. The number of hydrogen-bond donors (Lipinski definition) is 0. The van der Waals surface area contributed by atoms with E-state index >= 15 is 0 Å². The topological polar surface area (TPSA) is 61.8 Å². The molecule has 1 aliphatic rings. The maximum Gasteiger partial charge on any atom is 0.303 e. The first-order valence-electron chi connectivity index (χ1n) is 5.07. The zero-order valence-electron chi connectivity index (χ0n) is 9.27. The SMILES string of the molecule is CC(=O)OCC1OCCC(OC(C)=O)C1F. The van der Waals surface area contributed by atoms with Crippen molar-refractivity contribution in [1.29, 1.82) is 0 Å². The second-order valence-corrected chi connectivity index (χ2v) is 3.59. The lowest BCUT2D eigenvalue weighted by Gasteiger charge is -2.32. The van der Waals surface area contributed by atoms with Crippen LogP contribution in [-0.2, 0) is 23.8 Å². The van der Waals surface area contributed by atoms with Gasteiger partial charge in [-0.25, -0.2) is 4.39 Å². The molecule has 0 aromatic carbocycles. The Morgan fingerprint density at radius 3 is 2.62 bits per heavy atom. The van der Waals surface area contributed by atoms with E-state index < -0.39 is 30.3 Å². The Balaban J connectivity index is 2.46. The van der Waals surface area contributed by atoms with Crippen LogP contribution in [-0.4, -0.2) is 43.5 Å². The van der Waals surface area contributed by atoms with Gasteiger partial charge in [-0.3, -0.25) is 9.59 Å². The van der Waals surface area contributed by atoms with Gasteiger partial charge in [0, 0.05) is 20.3 Å². The van der Waals surface area contributed by atoms with Crippen LogP contribution in [0.4, 0.5) is 4.39 Å². The fourth-order valence-electron chi connectivity index (χ4n) is 1.50. The highest BCUT2D eigenvalue weighted by Gasteiger charge is 2.37. The quantitative estimate of drug-likeness (QED) is 0.669. The molecule has 1 aliphatic heterocycles. The number of carbonyl (C=O) groups excluding carboxylic acids is 2. The van der Waals surface area contributed by atoms with Crippen molar-refractivity contribution >= 4 is 11.9 Å². The maximum atomic E-state index is 13.7. The van der Waals surface area contributed by atoms with Crippen LogP contribution in [0.1, 0.15) is 20.3 Å². The molecule has 3 unspecified atom stereocenters. The van der Waals surface area contributed by atoms with Crippen molar-refractivity contribution < 1.29 is 28.2 Å². The molecular formula is C10H15FO5. The van der Waals surface area contributed by atoms with Crippen LogP contribution in [0, 0.1) is 0 Å². The molecule has 5 nitrogen and oxygen atoms in total. The van der Waals surface area contributed by atoms with Gasteiger partial charge in [-0.15, -0.1) is 0 Å². The van der Waals surface area contributed by atoms with Crippen molar-refractivity contribution in [2.24, 2.45) is 0 Å². The van der Waals surface area contributed by atoms with Crippen LogP contribution in [0.5, 0.6) is 0 Å². The monoisotopic (exact) mass is 234 g/mol. The first-order chi connectivity index (χ1) is 7.50. The van der Waals surface area contributed by atoms with E-state index in [-0.39, 0.29) is 13.2 Å². The first kappa shape index (κ1) is 12.9. The Bertz CT molecular complexity index is 268. The summed E-state index contributed by atoms with van der Waals surface area (Å²) in [5.74, 6) is -1.02. The summed E-state index contributed by atoms with van der Waals surface area (Å²) >= 11 is 0. The van der Waals surface area contributed by atoms with E-state index in [0.29, 0.717) is 6.42 Å². The molecule has 0 amide bonds. The van der Waals surface area contributed by atoms with Gasteiger partial charge in [0.05, 0.1) is 6.61 Å². The van der Waals surface area contributed by atoms with Crippen LogP contribution in [0.3, 0.4) is 0 Å². The summed E-state index contributed by atoms with van der Waals surface area (Å²) in [4.78, 5) is 21.3. The van der Waals surface area contributed by atoms with E-state index in [1.807, 2.05) is 0 Å². The van der Waals surface area contributed by atoms with Gasteiger partial charge in [0.15, 0.2) is 6.17 Å². The minimum Gasteiger partial charge on any atom is -0.463 e. The molecule has 0 aliphatic carbocycles. The Labute approximate surface area is 92.8 Å². The second kappa shape index (κ2) is 5.79. The second-order valence-electron chi connectivity index (χ2n) is 3.59. The number of alkyl halides is 1. The van der Waals surface area contributed by atoms with E-state index in [1.54, 1.807) is 0 Å². The van der Waals surface area contributed by atoms with Crippen LogP contribution < -0.4 is 0 Å². The summed E-state index contributed by atoms with van der Waals surface area (Å²) in [7, 11) is 0. The smallest absolute Gasteiger partial charge is 0.303 e. The number of halogens is 1. The minimum absolute atomic E-state index is 0.158. The van der Waals surface area contributed by atoms with Gasteiger partial charge in [-0.2, -0.15) is 0 Å². The third-order valence-corrected chi connectivity index (χ3v) is 2.21. The van der Waals surface area contributed by atoms with Gasteiger partial charge < -0.3 is 14.2 Å². The number of carbonyl (C=O) groups is 2. The van der Waals surface area contributed by atoms with E-state index in [1.165, 1.54) is 13.8 Å². The molecule has 0 aromatic rings. The highest BCUT2D eigenvalue weighted by atomic mass is 19.1. The lowest BCUT2D eigenvalue weighted by atomic mass is 10.0. The van der Waals surface area contributed by atoms with Crippen molar-refractivity contribution in [3.05, 3.63) is 0 Å². The third kappa shape index (κ3) is 3.77. The van der Waals surface area contributed by atoms with Gasteiger partial charge in [0.25, 0.3) is 0 Å². The van der Waals surface area contributed by atoms with Crippen LogP contribution in [0.2, 0.25) is 0 Å². The Kier molecular flexibility index (Phi) is 4.67. The first-order valence-corrected chi connectivity index (χ1v) is 5.07. The number of rotatable bonds is 3. The van der Waals surface area contributed by atoms with Gasteiger partial charge in [-0.1, -0.05) is 0 Å². The Hall–Kier alpha value is -1.17. The zero-order chi connectivity index (χ0) is 12.1. The number of ether oxygens (including phenoxy) is 3. The summed E-state index contributed by atoms with van der Waals surface area (Å²) in [5.41, 5.74) is 0. The average molecular weight is 234 g/mol. The van der Waals surface area contributed by atoms with Crippen LogP contribution in [0.25, 0.3) is 0 Å². The van der Waals surface area contributed by atoms with Crippen molar-refractivity contribution in [3.8, 4) is 0 Å². The fourth-order valence-corrected chi connectivity index (χ4v) is 1.50. The molecule has 3 atom stereocenters. The summed E-state index contributed by atoms with van der Waals surface area (Å²) < 4.78 is 28.3.